The Labute approximate surface area is 130 Å². The van der Waals surface area contributed by atoms with Gasteiger partial charge in [0, 0.05) is 13.3 Å². The zero-order valence-corrected chi connectivity index (χ0v) is 13.6. The fourth-order valence-corrected chi connectivity index (χ4v) is 3.13. The number of rotatable bonds is 7. The van der Waals surface area contributed by atoms with Crippen LogP contribution in [0.4, 0.5) is 0 Å². The largest absolute Gasteiger partial charge is 0.493 e. The molecular formula is C17H21NO2S. The highest BCUT2D eigenvalue weighted by Crippen LogP contribution is 2.21. The third-order valence-electron chi connectivity index (χ3n) is 3.31. The molecule has 0 fully saturated rings. The van der Waals surface area contributed by atoms with Crippen LogP contribution in [0.2, 0.25) is 0 Å². The Morgan fingerprint density at radius 3 is 2.43 bits per heavy atom. The predicted octanol–water partition coefficient (Wildman–Crippen LogP) is 4.09. The van der Waals surface area contributed by atoms with E-state index >= 15 is 0 Å². The number of carbonyl (C=O) groups is 1. The summed E-state index contributed by atoms with van der Waals surface area (Å²) in [4.78, 5) is 16.9. The highest BCUT2D eigenvalue weighted by molar-refractivity contribution is 7.13. The molecule has 0 amide bonds. The quantitative estimate of drug-likeness (QED) is 0.723. The maximum Gasteiger partial charge on any atom is 0.171 e. The average molecular weight is 303 g/mol. The van der Waals surface area contributed by atoms with Crippen LogP contribution < -0.4 is 4.74 Å². The molecule has 1 aromatic heterocycles. The molecule has 0 N–H and O–H groups in total. The molecule has 112 valence electrons. The van der Waals surface area contributed by atoms with Crippen molar-refractivity contribution in [2.24, 2.45) is 0 Å². The molecule has 1 heterocycles. The van der Waals surface area contributed by atoms with Gasteiger partial charge in [0.05, 0.1) is 22.2 Å². The van der Waals surface area contributed by atoms with E-state index in [1.54, 1.807) is 6.92 Å². The molecule has 0 aliphatic carbocycles. The van der Waals surface area contributed by atoms with E-state index in [-0.39, 0.29) is 5.78 Å². The normalized spacial score (nSPS) is 10.6. The van der Waals surface area contributed by atoms with Crippen LogP contribution in [0.15, 0.2) is 24.3 Å². The summed E-state index contributed by atoms with van der Waals surface area (Å²) in [6.45, 7) is 6.34. The van der Waals surface area contributed by atoms with Crippen LogP contribution in [0.1, 0.15) is 46.7 Å². The van der Waals surface area contributed by atoms with Gasteiger partial charge in [-0.25, -0.2) is 4.98 Å². The van der Waals surface area contributed by atoms with E-state index in [1.165, 1.54) is 16.9 Å². The number of thiazole rings is 1. The molecule has 2 rings (SSSR count). The maximum atomic E-state index is 11.5. The Hall–Kier alpha value is -1.68. The van der Waals surface area contributed by atoms with Crippen LogP contribution in [-0.2, 0) is 19.3 Å². The predicted molar refractivity (Wildman–Crippen MR) is 86.5 cm³/mol. The number of hydrogen-bond acceptors (Lipinski definition) is 4. The highest BCUT2D eigenvalue weighted by Gasteiger charge is 2.13. The van der Waals surface area contributed by atoms with Gasteiger partial charge < -0.3 is 4.74 Å². The molecule has 0 aliphatic heterocycles. The lowest BCUT2D eigenvalue weighted by molar-refractivity contribution is 0.102. The lowest BCUT2D eigenvalue weighted by atomic mass is 10.2. The first-order valence-corrected chi connectivity index (χ1v) is 8.17. The second-order valence-corrected chi connectivity index (χ2v) is 5.97. The second kappa shape index (κ2) is 7.36. The van der Waals surface area contributed by atoms with Crippen molar-refractivity contribution in [1.82, 2.24) is 4.98 Å². The number of aryl methyl sites for hydroxylation is 2. The first-order valence-electron chi connectivity index (χ1n) is 7.35. The molecular weight excluding hydrogens is 282 g/mol. The lowest BCUT2D eigenvalue weighted by Gasteiger charge is -2.05. The molecule has 0 radical (unpaired) electrons. The van der Waals surface area contributed by atoms with Crippen molar-refractivity contribution in [1.29, 1.82) is 0 Å². The zero-order chi connectivity index (χ0) is 15.2. The fourth-order valence-electron chi connectivity index (χ4n) is 2.10. The molecule has 0 atom stereocenters. The summed E-state index contributed by atoms with van der Waals surface area (Å²) < 4.78 is 5.73. The van der Waals surface area contributed by atoms with E-state index in [2.05, 4.69) is 24.0 Å². The Balaban J connectivity index is 1.92. The number of ketones is 1. The molecule has 0 spiro atoms. The van der Waals surface area contributed by atoms with Gasteiger partial charge in [-0.2, -0.15) is 0 Å². The number of nitrogens with zero attached hydrogens (tertiary/aromatic N) is 1. The Morgan fingerprint density at radius 2 is 1.90 bits per heavy atom. The van der Waals surface area contributed by atoms with Crippen molar-refractivity contribution < 1.29 is 9.53 Å². The minimum Gasteiger partial charge on any atom is -0.493 e. The fraction of sp³-hybridized carbons (Fsp3) is 0.412. The zero-order valence-electron chi connectivity index (χ0n) is 12.8. The van der Waals surface area contributed by atoms with E-state index in [1.807, 2.05) is 19.1 Å². The van der Waals surface area contributed by atoms with Crippen LogP contribution in [-0.4, -0.2) is 17.4 Å². The van der Waals surface area contributed by atoms with Crippen molar-refractivity contribution in [2.45, 2.75) is 40.0 Å². The smallest absolute Gasteiger partial charge is 0.171 e. The van der Waals surface area contributed by atoms with Gasteiger partial charge in [0.1, 0.15) is 5.75 Å². The number of carbonyl (C=O) groups excluding carboxylic acids is 1. The molecule has 1 aromatic carbocycles. The van der Waals surface area contributed by atoms with Gasteiger partial charge in [0.25, 0.3) is 0 Å². The van der Waals surface area contributed by atoms with Gasteiger partial charge in [-0.3, -0.25) is 4.79 Å². The summed E-state index contributed by atoms with van der Waals surface area (Å²) in [7, 11) is 0. The first-order chi connectivity index (χ1) is 10.1. The number of ether oxygens (including phenoxy) is 1. The number of hydrogen-bond donors (Lipinski definition) is 0. The molecule has 4 heteroatoms. The van der Waals surface area contributed by atoms with Gasteiger partial charge >= 0.3 is 0 Å². The SMILES string of the molecule is CCc1ccc(OCCc2nc(CC)c(C(C)=O)s2)cc1. The maximum absolute atomic E-state index is 11.5. The number of Topliss-reactive ketones (excluding diaryl/α,β-unsaturated/α-hetero) is 1. The number of benzene rings is 1. The summed E-state index contributed by atoms with van der Waals surface area (Å²) in [6, 6.07) is 8.17. The van der Waals surface area contributed by atoms with E-state index in [9.17, 15) is 4.79 Å². The summed E-state index contributed by atoms with van der Waals surface area (Å²) >= 11 is 1.49. The van der Waals surface area contributed by atoms with E-state index in [0.29, 0.717) is 6.61 Å². The van der Waals surface area contributed by atoms with Crippen LogP contribution >= 0.6 is 11.3 Å². The molecule has 0 aliphatic rings. The summed E-state index contributed by atoms with van der Waals surface area (Å²) in [5, 5.41) is 0.974. The van der Waals surface area contributed by atoms with Gasteiger partial charge in [-0.1, -0.05) is 26.0 Å². The molecule has 2 aromatic rings. The number of aromatic nitrogens is 1. The Morgan fingerprint density at radius 1 is 1.19 bits per heavy atom. The van der Waals surface area contributed by atoms with Gasteiger partial charge in [-0.05, 0) is 30.5 Å². The molecule has 21 heavy (non-hydrogen) atoms. The van der Waals surface area contributed by atoms with Gasteiger partial charge in [-0.15, -0.1) is 11.3 Å². The summed E-state index contributed by atoms with van der Waals surface area (Å²) in [6.07, 6.45) is 2.57. The molecule has 0 saturated heterocycles. The molecule has 0 bridgehead atoms. The van der Waals surface area contributed by atoms with Crippen LogP contribution in [0, 0.1) is 0 Å². The lowest BCUT2D eigenvalue weighted by Crippen LogP contribution is -2.01. The molecule has 0 saturated carbocycles. The van der Waals surface area contributed by atoms with Crippen LogP contribution in [0.3, 0.4) is 0 Å². The van der Waals surface area contributed by atoms with Crippen molar-refractivity contribution in [3.63, 3.8) is 0 Å². The average Bonchev–Trinajstić information content (AvgIpc) is 2.91. The first kappa shape index (κ1) is 15.7. The van der Waals surface area contributed by atoms with Crippen LogP contribution in [0.25, 0.3) is 0 Å². The van der Waals surface area contributed by atoms with Gasteiger partial charge in [0.15, 0.2) is 5.78 Å². The third kappa shape index (κ3) is 4.14. The third-order valence-corrected chi connectivity index (χ3v) is 4.57. The van der Waals surface area contributed by atoms with E-state index in [0.717, 1.165) is 40.6 Å². The van der Waals surface area contributed by atoms with Crippen molar-refractivity contribution in [2.75, 3.05) is 6.61 Å². The van der Waals surface area contributed by atoms with Crippen molar-refractivity contribution in [3.05, 3.63) is 45.4 Å². The van der Waals surface area contributed by atoms with Crippen molar-refractivity contribution >= 4 is 17.1 Å². The Kier molecular flexibility index (Phi) is 5.51. The highest BCUT2D eigenvalue weighted by atomic mass is 32.1. The Bertz CT molecular complexity index is 602. The standard InChI is InChI=1S/C17H21NO2S/c1-4-13-6-8-14(9-7-13)20-11-10-16-18-15(5-2)17(21-16)12(3)19/h6-9H,4-5,10-11H2,1-3H3. The van der Waals surface area contributed by atoms with Crippen LogP contribution in [0.5, 0.6) is 5.75 Å². The summed E-state index contributed by atoms with van der Waals surface area (Å²) in [5.41, 5.74) is 2.22. The van der Waals surface area contributed by atoms with E-state index < -0.39 is 0 Å². The molecule has 3 nitrogen and oxygen atoms in total. The minimum absolute atomic E-state index is 0.103. The monoisotopic (exact) mass is 303 g/mol. The van der Waals surface area contributed by atoms with E-state index in [4.69, 9.17) is 4.74 Å². The minimum atomic E-state index is 0.103. The topological polar surface area (TPSA) is 39.2 Å². The molecule has 0 unspecified atom stereocenters. The summed E-state index contributed by atoms with van der Waals surface area (Å²) in [5.74, 6) is 0.984. The van der Waals surface area contributed by atoms with Crippen molar-refractivity contribution in [3.8, 4) is 5.75 Å². The van der Waals surface area contributed by atoms with Gasteiger partial charge in [0.2, 0.25) is 0 Å². The second-order valence-electron chi connectivity index (χ2n) is 4.89.